The summed E-state index contributed by atoms with van der Waals surface area (Å²) >= 11 is 0. The minimum Gasteiger partial charge on any atom is -0.491 e. The van der Waals surface area contributed by atoms with Crippen molar-refractivity contribution in [3.63, 3.8) is 0 Å². The Morgan fingerprint density at radius 3 is 0.731 bits per heavy atom. The predicted octanol–water partition coefficient (Wildman–Crippen LogP) is 3.62. The molecule has 0 aliphatic carbocycles. The monoisotopic (exact) mass is 748 g/mol. The largest absolute Gasteiger partial charge is 0.491 e. The Hall–Kier alpha value is -2.87. The number of hydrogen-bond acceptors (Lipinski definition) is 12. The van der Waals surface area contributed by atoms with Crippen LogP contribution in [0.1, 0.15) is 0 Å². The lowest BCUT2D eigenvalue weighted by atomic mass is 10.3. The zero-order valence-corrected chi connectivity index (χ0v) is 31.9. The number of benzene rings is 3. The summed E-state index contributed by atoms with van der Waals surface area (Å²) in [6, 6.07) is 24.9. The maximum absolute atomic E-state index is 5.94. The Kier molecular flexibility index (Phi) is 24.8. The van der Waals surface area contributed by atoms with E-state index in [-0.39, 0.29) is 0 Å². The fraction of sp³-hybridized carbons (Fsp3) is 0.538. The van der Waals surface area contributed by atoms with E-state index >= 15 is 0 Å². The van der Waals surface area contributed by atoms with Crippen LogP contribution >= 0.6 is 7.92 Å². The molecule has 52 heavy (non-hydrogen) atoms. The molecule has 0 unspecified atom stereocenters. The van der Waals surface area contributed by atoms with Gasteiger partial charge in [0.25, 0.3) is 0 Å². The molecule has 13 heteroatoms. The van der Waals surface area contributed by atoms with Gasteiger partial charge in [0.2, 0.25) is 0 Å². The average molecular weight is 749 g/mol. The van der Waals surface area contributed by atoms with Crippen LogP contribution in [0, 0.1) is 0 Å². The summed E-state index contributed by atoms with van der Waals surface area (Å²) in [6.07, 6.45) is 0. The van der Waals surface area contributed by atoms with Crippen molar-refractivity contribution in [2.24, 2.45) is 0 Å². The Bertz CT molecular complexity index is 1090. The Labute approximate surface area is 310 Å². The van der Waals surface area contributed by atoms with Crippen molar-refractivity contribution in [2.45, 2.75) is 0 Å². The van der Waals surface area contributed by atoms with Gasteiger partial charge in [-0.25, -0.2) is 0 Å². The minimum absolute atomic E-state index is 0.454. The fourth-order valence-electron chi connectivity index (χ4n) is 4.57. The Balaban J connectivity index is 1.55. The molecule has 0 saturated carbocycles. The van der Waals surface area contributed by atoms with Gasteiger partial charge in [0.05, 0.1) is 99.1 Å². The summed E-state index contributed by atoms with van der Waals surface area (Å²) in [5.41, 5.74) is 0. The SMILES string of the molecule is COCCOCCOCCOc1ccc(P(c2ccc(OCCOCCOCCOC)cc2)c2ccc(OCCOCCOCCOC)cc2)cc1. The van der Waals surface area contributed by atoms with Gasteiger partial charge in [-0.2, -0.15) is 0 Å². The van der Waals surface area contributed by atoms with Crippen LogP contribution in [0.25, 0.3) is 0 Å². The smallest absolute Gasteiger partial charge is 0.119 e. The highest BCUT2D eigenvalue weighted by atomic mass is 31.1. The first kappa shape index (κ1) is 43.5. The number of methoxy groups -OCH3 is 3. The van der Waals surface area contributed by atoms with E-state index in [1.54, 1.807) is 21.3 Å². The summed E-state index contributed by atoms with van der Waals surface area (Å²) in [6.45, 7) is 9.36. The summed E-state index contributed by atoms with van der Waals surface area (Å²) in [5, 5.41) is 3.57. The van der Waals surface area contributed by atoms with E-state index in [1.165, 1.54) is 15.9 Å². The summed E-state index contributed by atoms with van der Waals surface area (Å²) in [5.74, 6) is 2.37. The molecular formula is C39H57O12P. The molecule has 3 aromatic rings. The molecule has 0 heterocycles. The highest BCUT2D eigenvalue weighted by molar-refractivity contribution is 7.79. The maximum atomic E-state index is 5.94. The summed E-state index contributed by atoms with van der Waals surface area (Å²) < 4.78 is 65.8. The van der Waals surface area contributed by atoms with E-state index < -0.39 is 7.92 Å². The van der Waals surface area contributed by atoms with Crippen molar-refractivity contribution in [1.29, 1.82) is 0 Å². The third kappa shape index (κ3) is 19.3. The van der Waals surface area contributed by atoms with Crippen molar-refractivity contribution in [2.75, 3.05) is 140 Å². The van der Waals surface area contributed by atoms with E-state index in [9.17, 15) is 0 Å². The van der Waals surface area contributed by atoms with Crippen LogP contribution in [0.5, 0.6) is 17.2 Å². The second-order valence-corrected chi connectivity index (χ2v) is 13.2. The normalized spacial score (nSPS) is 11.3. The van der Waals surface area contributed by atoms with Gasteiger partial charge >= 0.3 is 0 Å². The third-order valence-electron chi connectivity index (χ3n) is 7.19. The van der Waals surface area contributed by atoms with Crippen LogP contribution in [-0.4, -0.2) is 140 Å². The molecule has 0 spiro atoms. The van der Waals surface area contributed by atoms with Crippen LogP contribution < -0.4 is 30.1 Å². The van der Waals surface area contributed by atoms with Gasteiger partial charge < -0.3 is 56.8 Å². The molecule has 3 aromatic carbocycles. The zero-order valence-electron chi connectivity index (χ0n) is 31.0. The van der Waals surface area contributed by atoms with Gasteiger partial charge in [-0.15, -0.1) is 0 Å². The second-order valence-electron chi connectivity index (χ2n) is 11.0. The minimum atomic E-state index is -0.875. The molecule has 12 nitrogen and oxygen atoms in total. The Morgan fingerprint density at radius 2 is 0.500 bits per heavy atom. The van der Waals surface area contributed by atoms with Gasteiger partial charge in [0.15, 0.2) is 0 Å². The van der Waals surface area contributed by atoms with Crippen LogP contribution in [-0.2, 0) is 42.6 Å². The lowest BCUT2D eigenvalue weighted by Crippen LogP contribution is -2.21. The van der Waals surface area contributed by atoms with Crippen molar-refractivity contribution >= 4 is 23.8 Å². The first-order chi connectivity index (χ1) is 25.7. The van der Waals surface area contributed by atoms with Gasteiger partial charge in [-0.05, 0) is 60.2 Å². The molecule has 0 aliphatic heterocycles. The lowest BCUT2D eigenvalue weighted by Gasteiger charge is -2.20. The average Bonchev–Trinajstić information content (AvgIpc) is 3.18. The topological polar surface area (TPSA) is 111 Å². The second kappa shape index (κ2) is 29.6. The lowest BCUT2D eigenvalue weighted by molar-refractivity contribution is 0.0180. The molecule has 0 atom stereocenters. The van der Waals surface area contributed by atoms with E-state index in [0.717, 1.165) is 17.2 Å². The van der Waals surface area contributed by atoms with Crippen LogP contribution in [0.15, 0.2) is 72.8 Å². The van der Waals surface area contributed by atoms with Crippen molar-refractivity contribution in [3.8, 4) is 17.2 Å². The van der Waals surface area contributed by atoms with Crippen molar-refractivity contribution in [3.05, 3.63) is 72.8 Å². The molecular weight excluding hydrogens is 691 g/mol. The molecule has 0 aromatic heterocycles. The van der Waals surface area contributed by atoms with E-state index in [4.69, 9.17) is 56.8 Å². The first-order valence-electron chi connectivity index (χ1n) is 17.7. The highest BCUT2D eigenvalue weighted by Gasteiger charge is 2.17. The molecule has 0 aliphatic rings. The maximum Gasteiger partial charge on any atom is 0.119 e. The molecule has 0 saturated heterocycles. The number of hydrogen-bond donors (Lipinski definition) is 0. The van der Waals surface area contributed by atoms with Crippen LogP contribution in [0.2, 0.25) is 0 Å². The van der Waals surface area contributed by atoms with Gasteiger partial charge in [0, 0.05) is 21.3 Å². The van der Waals surface area contributed by atoms with Gasteiger partial charge in [-0.1, -0.05) is 36.4 Å². The summed E-state index contributed by atoms with van der Waals surface area (Å²) in [4.78, 5) is 0. The van der Waals surface area contributed by atoms with Gasteiger partial charge in [-0.3, -0.25) is 0 Å². The van der Waals surface area contributed by atoms with Crippen LogP contribution in [0.4, 0.5) is 0 Å². The molecule has 0 radical (unpaired) electrons. The number of rotatable bonds is 33. The highest BCUT2D eigenvalue weighted by Crippen LogP contribution is 2.34. The van der Waals surface area contributed by atoms with Gasteiger partial charge in [0.1, 0.15) is 37.1 Å². The molecule has 0 N–H and O–H groups in total. The Morgan fingerprint density at radius 1 is 0.288 bits per heavy atom. The summed E-state index contributed by atoms with van der Waals surface area (Å²) in [7, 11) is 4.08. The van der Waals surface area contributed by atoms with E-state index in [2.05, 4.69) is 36.4 Å². The molecule has 290 valence electrons. The third-order valence-corrected chi connectivity index (χ3v) is 9.63. The fourth-order valence-corrected chi connectivity index (χ4v) is 6.81. The molecule has 3 rings (SSSR count). The zero-order chi connectivity index (χ0) is 36.7. The van der Waals surface area contributed by atoms with E-state index in [1.807, 2.05) is 36.4 Å². The quantitative estimate of drug-likeness (QED) is 0.0671. The molecule has 0 bridgehead atoms. The first-order valence-corrected chi connectivity index (χ1v) is 19.0. The van der Waals surface area contributed by atoms with E-state index in [0.29, 0.717) is 119 Å². The predicted molar refractivity (Wildman–Crippen MR) is 202 cm³/mol. The van der Waals surface area contributed by atoms with Crippen molar-refractivity contribution in [1.82, 2.24) is 0 Å². The molecule has 0 fully saturated rings. The van der Waals surface area contributed by atoms with Crippen LogP contribution in [0.3, 0.4) is 0 Å². The molecule has 0 amide bonds. The number of ether oxygens (including phenoxy) is 12. The standard InChI is InChI=1S/C39H57O12P/c1-40-16-19-43-22-25-46-28-31-49-34-4-10-37(11-5-34)52(38-12-6-35(7-13-38)50-32-29-47-26-23-44-20-17-41-2)39-14-8-36(9-15-39)51-33-30-48-27-24-45-21-18-42-3/h4-15H,16-33H2,1-3H3. The van der Waals surface area contributed by atoms with Crippen molar-refractivity contribution < 1.29 is 56.8 Å².